The van der Waals surface area contributed by atoms with Gasteiger partial charge in [-0.1, -0.05) is 6.92 Å². The first kappa shape index (κ1) is 15.4. The molecule has 1 fully saturated rings. The molecule has 5 heteroatoms. The van der Waals surface area contributed by atoms with E-state index >= 15 is 0 Å². The van der Waals surface area contributed by atoms with Crippen LogP contribution in [0.5, 0.6) is 0 Å². The van der Waals surface area contributed by atoms with Crippen LogP contribution in [0.15, 0.2) is 0 Å². The molecule has 0 aromatic heterocycles. The molecule has 0 aromatic rings. The van der Waals surface area contributed by atoms with Gasteiger partial charge in [-0.25, -0.2) is 4.79 Å². The van der Waals surface area contributed by atoms with Crippen molar-refractivity contribution in [3.8, 4) is 0 Å². The number of aliphatic hydroxyl groups is 2. The molecule has 1 aliphatic carbocycles. The standard InChI is InChI=1S/C13H25NO4/c1-10-4-6-13(17,7-5-10)9-14-8-12(2,16)11(15)18-3/h10,14,16-17H,4-9H2,1-3H3. The number of hydrogen-bond donors (Lipinski definition) is 3. The lowest BCUT2D eigenvalue weighted by atomic mass is 9.79. The second-order valence-corrected chi connectivity index (χ2v) is 5.78. The Morgan fingerprint density at radius 1 is 1.50 bits per heavy atom. The Kier molecular flexibility index (Phi) is 5.13. The zero-order chi connectivity index (χ0) is 13.8. The highest BCUT2D eigenvalue weighted by molar-refractivity contribution is 5.78. The van der Waals surface area contributed by atoms with E-state index in [9.17, 15) is 15.0 Å². The zero-order valence-electron chi connectivity index (χ0n) is 11.5. The minimum atomic E-state index is -1.55. The number of hydrogen-bond acceptors (Lipinski definition) is 5. The van der Waals surface area contributed by atoms with Crippen LogP contribution in [0.25, 0.3) is 0 Å². The van der Waals surface area contributed by atoms with Gasteiger partial charge in [0.15, 0.2) is 5.60 Å². The molecule has 5 nitrogen and oxygen atoms in total. The van der Waals surface area contributed by atoms with Crippen molar-refractivity contribution >= 4 is 5.97 Å². The van der Waals surface area contributed by atoms with Crippen molar-refractivity contribution in [2.45, 2.75) is 50.7 Å². The predicted molar refractivity (Wildman–Crippen MR) is 68.1 cm³/mol. The lowest BCUT2D eigenvalue weighted by molar-refractivity contribution is -0.160. The molecular weight excluding hydrogens is 234 g/mol. The largest absolute Gasteiger partial charge is 0.467 e. The van der Waals surface area contributed by atoms with Crippen LogP contribution in [0, 0.1) is 5.92 Å². The summed E-state index contributed by atoms with van der Waals surface area (Å²) >= 11 is 0. The molecule has 0 radical (unpaired) electrons. The van der Waals surface area contributed by atoms with Gasteiger partial charge in [0.25, 0.3) is 0 Å². The zero-order valence-corrected chi connectivity index (χ0v) is 11.5. The van der Waals surface area contributed by atoms with E-state index in [4.69, 9.17) is 0 Å². The van der Waals surface area contributed by atoms with E-state index in [1.165, 1.54) is 14.0 Å². The topological polar surface area (TPSA) is 78.8 Å². The van der Waals surface area contributed by atoms with E-state index < -0.39 is 17.2 Å². The average Bonchev–Trinajstić information content (AvgIpc) is 2.32. The molecule has 18 heavy (non-hydrogen) atoms. The van der Waals surface area contributed by atoms with Crippen LogP contribution in [-0.2, 0) is 9.53 Å². The third-order valence-electron chi connectivity index (χ3n) is 3.75. The number of esters is 1. The molecule has 0 amide bonds. The summed E-state index contributed by atoms with van der Waals surface area (Å²) in [5.74, 6) is 0.00251. The van der Waals surface area contributed by atoms with Crippen LogP contribution in [0.4, 0.5) is 0 Å². The second kappa shape index (κ2) is 5.99. The van der Waals surface area contributed by atoms with E-state index in [0.717, 1.165) is 25.7 Å². The summed E-state index contributed by atoms with van der Waals surface area (Å²) in [5, 5.41) is 23.1. The number of rotatable bonds is 5. The predicted octanol–water partition coefficient (Wildman–Crippen LogP) is 0.441. The molecule has 0 spiro atoms. The minimum Gasteiger partial charge on any atom is -0.467 e. The fourth-order valence-corrected chi connectivity index (χ4v) is 2.31. The molecule has 0 aromatic carbocycles. The average molecular weight is 259 g/mol. The molecule has 0 bridgehead atoms. The van der Waals surface area contributed by atoms with Gasteiger partial charge < -0.3 is 20.3 Å². The van der Waals surface area contributed by atoms with Gasteiger partial charge in [0.05, 0.1) is 12.7 Å². The number of carbonyl (C=O) groups is 1. The van der Waals surface area contributed by atoms with Crippen molar-refractivity contribution in [3.63, 3.8) is 0 Å². The van der Waals surface area contributed by atoms with E-state index in [0.29, 0.717) is 12.5 Å². The summed E-state index contributed by atoms with van der Waals surface area (Å²) in [6, 6.07) is 0. The molecule has 0 aliphatic heterocycles. The highest BCUT2D eigenvalue weighted by atomic mass is 16.5. The van der Waals surface area contributed by atoms with Crippen LogP contribution in [0.3, 0.4) is 0 Å². The summed E-state index contributed by atoms with van der Waals surface area (Å²) in [6.45, 7) is 4.07. The Morgan fingerprint density at radius 3 is 2.56 bits per heavy atom. The summed E-state index contributed by atoms with van der Waals surface area (Å²) in [5.41, 5.74) is -2.26. The van der Waals surface area contributed by atoms with Crippen LogP contribution >= 0.6 is 0 Å². The van der Waals surface area contributed by atoms with Gasteiger partial charge in [-0.3, -0.25) is 0 Å². The van der Waals surface area contributed by atoms with E-state index in [-0.39, 0.29) is 6.54 Å². The summed E-state index contributed by atoms with van der Waals surface area (Å²) in [4.78, 5) is 11.3. The number of ether oxygens (including phenoxy) is 1. The molecule has 1 saturated carbocycles. The maximum absolute atomic E-state index is 11.3. The fourth-order valence-electron chi connectivity index (χ4n) is 2.31. The van der Waals surface area contributed by atoms with Gasteiger partial charge in [-0.05, 0) is 38.5 Å². The number of nitrogens with one attached hydrogen (secondary N) is 1. The molecular formula is C13H25NO4. The van der Waals surface area contributed by atoms with Gasteiger partial charge in [-0.2, -0.15) is 0 Å². The van der Waals surface area contributed by atoms with Crippen LogP contribution < -0.4 is 5.32 Å². The van der Waals surface area contributed by atoms with Gasteiger partial charge in [-0.15, -0.1) is 0 Å². The quantitative estimate of drug-likeness (QED) is 0.624. The highest BCUT2D eigenvalue weighted by Gasteiger charge is 2.34. The van der Waals surface area contributed by atoms with Gasteiger partial charge in [0.2, 0.25) is 0 Å². The van der Waals surface area contributed by atoms with Crippen LogP contribution in [-0.4, -0.2) is 47.6 Å². The summed E-state index contributed by atoms with van der Waals surface area (Å²) < 4.78 is 4.51. The Morgan fingerprint density at radius 2 is 2.06 bits per heavy atom. The summed E-state index contributed by atoms with van der Waals surface area (Å²) in [7, 11) is 1.24. The monoisotopic (exact) mass is 259 g/mol. The first-order chi connectivity index (χ1) is 8.29. The van der Waals surface area contributed by atoms with Crippen molar-refractivity contribution in [1.82, 2.24) is 5.32 Å². The normalized spacial score (nSPS) is 31.7. The molecule has 1 unspecified atom stereocenters. The van der Waals surface area contributed by atoms with Crippen molar-refractivity contribution in [1.29, 1.82) is 0 Å². The van der Waals surface area contributed by atoms with E-state index in [1.54, 1.807) is 0 Å². The Bertz CT molecular complexity index is 283. The highest BCUT2D eigenvalue weighted by Crippen LogP contribution is 2.31. The van der Waals surface area contributed by atoms with Gasteiger partial charge in [0.1, 0.15) is 0 Å². The van der Waals surface area contributed by atoms with E-state index in [2.05, 4.69) is 17.0 Å². The van der Waals surface area contributed by atoms with Crippen molar-refractivity contribution < 1.29 is 19.7 Å². The molecule has 0 saturated heterocycles. The summed E-state index contributed by atoms with van der Waals surface area (Å²) in [6.07, 6.45) is 3.57. The smallest absolute Gasteiger partial charge is 0.338 e. The SMILES string of the molecule is COC(=O)C(C)(O)CNCC1(O)CCC(C)CC1. The number of methoxy groups -OCH3 is 1. The maximum Gasteiger partial charge on any atom is 0.338 e. The molecule has 0 heterocycles. The molecule has 3 N–H and O–H groups in total. The number of carbonyl (C=O) groups excluding carboxylic acids is 1. The molecule has 1 atom stereocenters. The van der Waals surface area contributed by atoms with Crippen LogP contribution in [0.1, 0.15) is 39.5 Å². The lowest BCUT2D eigenvalue weighted by Gasteiger charge is -2.35. The maximum atomic E-state index is 11.3. The van der Waals surface area contributed by atoms with Crippen molar-refractivity contribution in [2.24, 2.45) is 5.92 Å². The Labute approximate surface area is 109 Å². The third kappa shape index (κ3) is 4.23. The van der Waals surface area contributed by atoms with E-state index in [1.807, 2.05) is 0 Å². The van der Waals surface area contributed by atoms with Crippen molar-refractivity contribution in [2.75, 3.05) is 20.2 Å². The third-order valence-corrected chi connectivity index (χ3v) is 3.75. The van der Waals surface area contributed by atoms with Gasteiger partial charge >= 0.3 is 5.97 Å². The Balaban J connectivity index is 2.35. The molecule has 106 valence electrons. The van der Waals surface area contributed by atoms with Crippen molar-refractivity contribution in [3.05, 3.63) is 0 Å². The Hall–Kier alpha value is -0.650. The first-order valence-electron chi connectivity index (χ1n) is 6.53. The fraction of sp³-hybridized carbons (Fsp3) is 0.923. The van der Waals surface area contributed by atoms with Gasteiger partial charge in [0, 0.05) is 13.1 Å². The molecule has 1 rings (SSSR count). The van der Waals surface area contributed by atoms with Crippen LogP contribution in [0.2, 0.25) is 0 Å². The lowest BCUT2D eigenvalue weighted by Crippen LogP contribution is -2.50. The first-order valence-corrected chi connectivity index (χ1v) is 6.53. The second-order valence-electron chi connectivity index (χ2n) is 5.78. The minimum absolute atomic E-state index is 0.0809. The molecule has 1 aliphatic rings.